The molecule has 4 rings (SSSR count). The van der Waals surface area contributed by atoms with Gasteiger partial charge in [0.05, 0.1) is 32.4 Å². The molecule has 2 unspecified atom stereocenters. The van der Waals surface area contributed by atoms with E-state index in [1.54, 1.807) is 7.11 Å². The van der Waals surface area contributed by atoms with Gasteiger partial charge in [-0.15, -0.1) is 11.8 Å². The second-order valence-electron chi connectivity index (χ2n) is 8.21. The van der Waals surface area contributed by atoms with Crippen LogP contribution < -0.4 is 0 Å². The van der Waals surface area contributed by atoms with Crippen molar-refractivity contribution >= 4 is 23.3 Å². The molecule has 0 saturated heterocycles. The summed E-state index contributed by atoms with van der Waals surface area (Å²) in [5.41, 5.74) is 7.29. The van der Waals surface area contributed by atoms with Gasteiger partial charge >= 0.3 is 5.97 Å². The predicted molar refractivity (Wildman–Crippen MR) is 123 cm³/mol. The van der Waals surface area contributed by atoms with E-state index in [0.29, 0.717) is 11.8 Å². The fourth-order valence-electron chi connectivity index (χ4n) is 4.78. The zero-order valence-electron chi connectivity index (χ0n) is 18.4. The summed E-state index contributed by atoms with van der Waals surface area (Å²) in [6.45, 7) is 4.89. The van der Waals surface area contributed by atoms with Crippen molar-refractivity contribution in [2.24, 2.45) is 5.92 Å². The first-order valence-corrected chi connectivity index (χ1v) is 11.8. The molecule has 0 amide bonds. The van der Waals surface area contributed by atoms with E-state index in [-0.39, 0.29) is 11.9 Å². The van der Waals surface area contributed by atoms with Crippen molar-refractivity contribution in [2.45, 2.75) is 51.2 Å². The minimum atomic E-state index is -0.345. The molecule has 30 heavy (non-hydrogen) atoms. The maximum atomic E-state index is 12.9. The quantitative estimate of drug-likeness (QED) is 0.551. The summed E-state index contributed by atoms with van der Waals surface area (Å²) in [5, 5.41) is 2.45. The topological polar surface area (TPSA) is 38.8 Å². The summed E-state index contributed by atoms with van der Waals surface area (Å²) >= 11 is 1.98. The van der Waals surface area contributed by atoms with Gasteiger partial charge in [-0.2, -0.15) is 0 Å². The summed E-state index contributed by atoms with van der Waals surface area (Å²) in [4.78, 5) is 20.1. The normalized spacial score (nSPS) is 21.9. The number of rotatable bonds is 6. The Kier molecular flexibility index (Phi) is 6.40. The molecule has 4 nitrogen and oxygen atoms in total. The van der Waals surface area contributed by atoms with Crippen molar-refractivity contribution in [2.75, 3.05) is 20.8 Å². The van der Waals surface area contributed by atoms with Crippen LogP contribution in [0.5, 0.6) is 0 Å². The van der Waals surface area contributed by atoms with Gasteiger partial charge in [0.15, 0.2) is 0 Å². The Labute approximate surface area is 184 Å². The minimum absolute atomic E-state index is 0.192. The Balaban J connectivity index is 1.95. The van der Waals surface area contributed by atoms with Crippen LogP contribution in [0, 0.1) is 12.8 Å². The van der Waals surface area contributed by atoms with E-state index in [0.717, 1.165) is 36.1 Å². The molecule has 0 bridgehead atoms. The number of thioether (sulfide) groups is 1. The minimum Gasteiger partial charge on any atom is -0.469 e. The van der Waals surface area contributed by atoms with Crippen LogP contribution in [-0.2, 0) is 14.4 Å². The van der Waals surface area contributed by atoms with Crippen LogP contribution >= 0.6 is 11.8 Å². The Morgan fingerprint density at radius 3 is 2.70 bits per heavy atom. The predicted octanol–water partition coefficient (Wildman–Crippen LogP) is 5.65. The van der Waals surface area contributed by atoms with Crippen LogP contribution in [-0.4, -0.2) is 37.0 Å². The number of hydroxylamine groups is 2. The highest BCUT2D eigenvalue weighted by molar-refractivity contribution is 8.04. The first-order valence-electron chi connectivity index (χ1n) is 10.9. The highest BCUT2D eigenvalue weighted by Crippen LogP contribution is 2.55. The number of carbonyl (C=O) groups is 1. The molecule has 3 aliphatic rings. The molecule has 2 atom stereocenters. The van der Waals surface area contributed by atoms with E-state index in [1.807, 2.05) is 16.8 Å². The van der Waals surface area contributed by atoms with Crippen LogP contribution in [0.4, 0.5) is 0 Å². The van der Waals surface area contributed by atoms with Gasteiger partial charge in [0, 0.05) is 15.7 Å². The number of esters is 1. The molecule has 0 N–H and O–H groups in total. The van der Waals surface area contributed by atoms with E-state index in [2.05, 4.69) is 44.2 Å². The van der Waals surface area contributed by atoms with E-state index in [1.165, 1.54) is 41.6 Å². The summed E-state index contributed by atoms with van der Waals surface area (Å²) in [6, 6.07) is 8.63. The van der Waals surface area contributed by atoms with Crippen LogP contribution in [0.2, 0.25) is 0 Å². The SMILES string of the molecule is CCCC(C(=O)OC)C1=C(c2ccc(C)cc2)C2=C(CN1OC)C1=CCCCC1S2. The fourth-order valence-corrected chi connectivity index (χ4v) is 6.38. The number of carbonyl (C=O) groups excluding carboxylic acids is 1. The third-order valence-corrected chi connectivity index (χ3v) is 7.73. The van der Waals surface area contributed by atoms with Gasteiger partial charge < -0.3 is 4.74 Å². The number of hydrogen-bond acceptors (Lipinski definition) is 5. The van der Waals surface area contributed by atoms with Crippen molar-refractivity contribution in [3.05, 3.63) is 63.2 Å². The Hall–Kier alpha value is -1.98. The Morgan fingerprint density at radius 2 is 2.03 bits per heavy atom. The molecule has 0 aromatic heterocycles. The molecule has 2 aliphatic heterocycles. The van der Waals surface area contributed by atoms with E-state index in [9.17, 15) is 4.79 Å². The number of methoxy groups -OCH3 is 1. The van der Waals surface area contributed by atoms with Crippen LogP contribution in [0.3, 0.4) is 0 Å². The maximum Gasteiger partial charge on any atom is 0.314 e. The fraction of sp³-hybridized carbons (Fsp3) is 0.480. The Bertz CT molecular complexity index is 913. The molecule has 2 heterocycles. The summed E-state index contributed by atoms with van der Waals surface area (Å²) in [6.07, 6.45) is 7.65. The second-order valence-corrected chi connectivity index (χ2v) is 9.43. The average Bonchev–Trinajstić information content (AvgIpc) is 3.14. The highest BCUT2D eigenvalue weighted by Gasteiger charge is 2.42. The standard InChI is InChI=1S/C25H31NO3S/c1-5-8-19(25(27)28-3)23-22(17-13-11-16(2)12-14-17)24-20(15-26(23)29-4)18-9-6-7-10-21(18)30-24/h9,11-14,19,21H,5-8,10,15H2,1-4H3. The number of aryl methyl sites for hydroxylation is 1. The van der Waals surface area contributed by atoms with Crippen LogP contribution in [0.15, 0.2) is 52.1 Å². The molecule has 1 aromatic rings. The van der Waals surface area contributed by atoms with Gasteiger partial charge in [0.2, 0.25) is 0 Å². The molecule has 1 aliphatic carbocycles. The molecule has 0 spiro atoms. The number of hydrogen-bond donors (Lipinski definition) is 0. The summed E-state index contributed by atoms with van der Waals surface area (Å²) in [5.74, 6) is -0.537. The summed E-state index contributed by atoms with van der Waals surface area (Å²) in [7, 11) is 3.18. The van der Waals surface area contributed by atoms with Gasteiger partial charge in [-0.1, -0.05) is 49.2 Å². The second kappa shape index (κ2) is 9.03. The monoisotopic (exact) mass is 425 g/mol. The van der Waals surface area contributed by atoms with Crippen LogP contribution in [0.25, 0.3) is 5.57 Å². The maximum absolute atomic E-state index is 12.9. The molecular formula is C25H31NO3S. The molecule has 0 saturated carbocycles. The third-order valence-electron chi connectivity index (χ3n) is 6.27. The van der Waals surface area contributed by atoms with Crippen molar-refractivity contribution in [3.8, 4) is 0 Å². The van der Waals surface area contributed by atoms with Crippen molar-refractivity contribution in [1.82, 2.24) is 5.06 Å². The van der Waals surface area contributed by atoms with E-state index < -0.39 is 0 Å². The Morgan fingerprint density at radius 1 is 1.27 bits per heavy atom. The van der Waals surface area contributed by atoms with Gasteiger partial charge in [-0.05, 0) is 49.3 Å². The number of benzene rings is 1. The smallest absolute Gasteiger partial charge is 0.314 e. The van der Waals surface area contributed by atoms with E-state index >= 15 is 0 Å². The first-order chi connectivity index (χ1) is 14.6. The van der Waals surface area contributed by atoms with Gasteiger partial charge in [-0.3, -0.25) is 14.7 Å². The number of ether oxygens (including phenoxy) is 1. The van der Waals surface area contributed by atoms with Gasteiger partial charge in [0.25, 0.3) is 0 Å². The van der Waals surface area contributed by atoms with Gasteiger partial charge in [0.1, 0.15) is 0 Å². The van der Waals surface area contributed by atoms with Crippen molar-refractivity contribution < 1.29 is 14.4 Å². The molecule has 5 heteroatoms. The summed E-state index contributed by atoms with van der Waals surface area (Å²) < 4.78 is 5.23. The van der Waals surface area contributed by atoms with Crippen LogP contribution in [0.1, 0.15) is 50.2 Å². The lowest BCUT2D eigenvalue weighted by molar-refractivity contribution is -0.149. The average molecular weight is 426 g/mol. The van der Waals surface area contributed by atoms with E-state index in [4.69, 9.17) is 9.57 Å². The lowest BCUT2D eigenvalue weighted by Crippen LogP contribution is -2.36. The lowest BCUT2D eigenvalue weighted by Gasteiger charge is -2.36. The highest BCUT2D eigenvalue weighted by atomic mass is 32.2. The molecule has 160 valence electrons. The number of allylic oxidation sites excluding steroid dienone is 2. The number of fused-ring (bicyclic) bond motifs is 2. The zero-order valence-corrected chi connectivity index (χ0v) is 19.2. The van der Waals surface area contributed by atoms with Crippen molar-refractivity contribution in [3.63, 3.8) is 0 Å². The zero-order chi connectivity index (χ0) is 21.3. The molecular weight excluding hydrogens is 394 g/mol. The lowest BCUT2D eigenvalue weighted by atomic mass is 9.85. The molecule has 0 fully saturated rings. The largest absolute Gasteiger partial charge is 0.469 e. The van der Waals surface area contributed by atoms with Gasteiger partial charge in [-0.25, -0.2) is 0 Å². The molecule has 1 aromatic carbocycles. The number of nitrogens with zero attached hydrogens (tertiary/aromatic N) is 1. The third kappa shape index (κ3) is 3.74. The first kappa shape index (κ1) is 21.3. The molecule has 0 radical (unpaired) electrons. The van der Waals surface area contributed by atoms with Crippen molar-refractivity contribution in [1.29, 1.82) is 0 Å².